The van der Waals surface area contributed by atoms with E-state index in [4.69, 9.17) is 0 Å². The maximum atomic E-state index is 13.2. The molecule has 4 rings (SSSR count). The van der Waals surface area contributed by atoms with E-state index in [9.17, 15) is 9.65 Å². The van der Waals surface area contributed by atoms with Crippen LogP contribution in [0.15, 0.2) is 18.2 Å². The highest BCUT2D eigenvalue weighted by atomic mass is 19.1. The van der Waals surface area contributed by atoms with E-state index in [0.29, 0.717) is 18.0 Å². The van der Waals surface area contributed by atoms with Gasteiger partial charge in [-0.15, -0.1) is 0 Å². The van der Waals surface area contributed by atoms with Crippen LogP contribution in [0.3, 0.4) is 0 Å². The molecule has 20 heavy (non-hydrogen) atoms. The summed E-state index contributed by atoms with van der Waals surface area (Å²) < 4.78 is 13.2. The Morgan fingerprint density at radius 2 is 2.05 bits per heavy atom. The van der Waals surface area contributed by atoms with Gasteiger partial charge in [0.25, 0.3) is 0 Å². The summed E-state index contributed by atoms with van der Waals surface area (Å²) in [6, 6.07) is 5.50. The number of aromatic nitrogens is 2. The molecule has 1 aromatic carbocycles. The molecule has 2 unspecified atom stereocenters. The molecule has 2 aromatic rings. The lowest BCUT2D eigenvalue weighted by molar-refractivity contribution is 0.197. The van der Waals surface area contributed by atoms with Crippen molar-refractivity contribution in [3.63, 3.8) is 0 Å². The Hall–Kier alpha value is -2.09. The monoisotopic (exact) mass is 270 g/mol. The summed E-state index contributed by atoms with van der Waals surface area (Å²) in [4.78, 5) is 1.96. The normalized spacial score (nSPS) is 28.8. The Labute approximate surface area is 116 Å². The number of aromatic amines is 1. The molecule has 1 aromatic heterocycles. The first-order valence-electron chi connectivity index (χ1n) is 7.08. The Morgan fingerprint density at radius 3 is 2.75 bits per heavy atom. The average Bonchev–Trinajstić information content (AvgIpc) is 2.96. The van der Waals surface area contributed by atoms with Crippen molar-refractivity contribution in [2.24, 2.45) is 0 Å². The fourth-order valence-corrected chi connectivity index (χ4v) is 3.89. The second-order valence-electron chi connectivity index (χ2n) is 5.86. The van der Waals surface area contributed by atoms with Crippen LogP contribution in [0.25, 0.3) is 10.9 Å². The molecule has 2 aliphatic rings. The number of hydrogen-bond acceptors (Lipinski definition) is 3. The van der Waals surface area contributed by atoms with Crippen LogP contribution in [-0.2, 0) is 0 Å². The summed E-state index contributed by atoms with van der Waals surface area (Å²) >= 11 is 0. The van der Waals surface area contributed by atoms with Gasteiger partial charge in [-0.2, -0.15) is 10.4 Å². The van der Waals surface area contributed by atoms with E-state index in [2.05, 4.69) is 16.4 Å². The Balaban J connectivity index is 1.70. The molecule has 0 aliphatic carbocycles. The lowest BCUT2D eigenvalue weighted by Crippen LogP contribution is -2.38. The standard InChI is InChI=1S/C15H15FN4/c16-10-1-4-13-14(7-10)18-19-15(13)9-5-11-2-3-12(6-9)20(11)8-17/h1,4,7,9,11-12H,2-3,5-6H2,(H,18,19). The van der Waals surface area contributed by atoms with Gasteiger partial charge in [-0.1, -0.05) is 0 Å². The van der Waals surface area contributed by atoms with Gasteiger partial charge in [0.2, 0.25) is 0 Å². The van der Waals surface area contributed by atoms with E-state index in [0.717, 1.165) is 42.3 Å². The van der Waals surface area contributed by atoms with Crippen molar-refractivity contribution >= 4 is 10.9 Å². The summed E-state index contributed by atoms with van der Waals surface area (Å²) in [6.07, 6.45) is 6.48. The highest BCUT2D eigenvalue weighted by Crippen LogP contribution is 2.43. The Bertz CT molecular complexity index is 687. The van der Waals surface area contributed by atoms with Gasteiger partial charge < -0.3 is 4.90 Å². The molecule has 0 saturated carbocycles. The Morgan fingerprint density at radius 1 is 1.30 bits per heavy atom. The highest BCUT2D eigenvalue weighted by molar-refractivity contribution is 5.81. The van der Waals surface area contributed by atoms with Gasteiger partial charge >= 0.3 is 0 Å². The Kier molecular flexibility index (Phi) is 2.46. The molecule has 0 spiro atoms. The smallest absolute Gasteiger partial charge is 0.179 e. The van der Waals surface area contributed by atoms with Crippen LogP contribution in [0.4, 0.5) is 4.39 Å². The number of nitrogens with one attached hydrogen (secondary N) is 1. The third kappa shape index (κ3) is 1.61. The topological polar surface area (TPSA) is 55.7 Å². The first-order chi connectivity index (χ1) is 9.76. The zero-order valence-electron chi connectivity index (χ0n) is 11.0. The number of piperidine rings is 1. The molecule has 4 nitrogen and oxygen atoms in total. The van der Waals surface area contributed by atoms with Crippen LogP contribution in [0.2, 0.25) is 0 Å². The summed E-state index contributed by atoms with van der Waals surface area (Å²) in [5.41, 5.74) is 1.80. The van der Waals surface area contributed by atoms with Crippen LogP contribution in [0.1, 0.15) is 37.3 Å². The molecule has 2 bridgehead atoms. The number of halogens is 1. The van der Waals surface area contributed by atoms with Crippen molar-refractivity contribution in [1.82, 2.24) is 15.1 Å². The van der Waals surface area contributed by atoms with Crippen molar-refractivity contribution in [1.29, 1.82) is 5.26 Å². The van der Waals surface area contributed by atoms with E-state index in [1.165, 1.54) is 12.1 Å². The van der Waals surface area contributed by atoms with Crippen LogP contribution in [0.5, 0.6) is 0 Å². The molecule has 0 amide bonds. The SMILES string of the molecule is N#CN1C2CCC1CC(c1n[nH]c3cc(F)ccc13)C2. The van der Waals surface area contributed by atoms with Gasteiger partial charge in [-0.3, -0.25) is 5.10 Å². The van der Waals surface area contributed by atoms with Crippen molar-refractivity contribution in [2.75, 3.05) is 0 Å². The maximum Gasteiger partial charge on any atom is 0.179 e. The number of fused-ring (bicyclic) bond motifs is 3. The van der Waals surface area contributed by atoms with Crippen LogP contribution >= 0.6 is 0 Å². The molecular formula is C15H15FN4. The van der Waals surface area contributed by atoms with Gasteiger partial charge in [0.1, 0.15) is 5.82 Å². The molecule has 1 N–H and O–H groups in total. The van der Waals surface area contributed by atoms with Gasteiger partial charge in [0.15, 0.2) is 6.19 Å². The summed E-state index contributed by atoms with van der Waals surface area (Å²) in [5.74, 6) is 0.128. The molecular weight excluding hydrogens is 255 g/mol. The number of nitrogens with zero attached hydrogens (tertiary/aromatic N) is 3. The van der Waals surface area contributed by atoms with Gasteiger partial charge in [-0.05, 0) is 43.9 Å². The fraction of sp³-hybridized carbons (Fsp3) is 0.467. The molecule has 2 saturated heterocycles. The van der Waals surface area contributed by atoms with E-state index in [-0.39, 0.29) is 5.82 Å². The quantitative estimate of drug-likeness (QED) is 0.811. The van der Waals surface area contributed by atoms with E-state index < -0.39 is 0 Å². The fourth-order valence-electron chi connectivity index (χ4n) is 3.89. The zero-order valence-corrected chi connectivity index (χ0v) is 11.0. The first-order valence-corrected chi connectivity index (χ1v) is 7.08. The molecule has 0 radical (unpaired) electrons. The third-order valence-electron chi connectivity index (χ3n) is 4.79. The molecule has 2 aliphatic heterocycles. The van der Waals surface area contributed by atoms with Gasteiger partial charge in [-0.25, -0.2) is 4.39 Å². The maximum absolute atomic E-state index is 13.2. The van der Waals surface area contributed by atoms with E-state index >= 15 is 0 Å². The lowest BCUT2D eigenvalue weighted by atomic mass is 9.87. The second kappa shape index (κ2) is 4.20. The lowest BCUT2D eigenvalue weighted by Gasteiger charge is -2.34. The summed E-state index contributed by atoms with van der Waals surface area (Å²) in [5, 5.41) is 17.6. The van der Waals surface area contributed by atoms with Gasteiger partial charge in [0, 0.05) is 23.4 Å². The molecule has 5 heteroatoms. The molecule has 2 atom stereocenters. The summed E-state index contributed by atoms with van der Waals surface area (Å²) in [7, 11) is 0. The van der Waals surface area contributed by atoms with Crippen molar-refractivity contribution < 1.29 is 4.39 Å². The summed E-state index contributed by atoms with van der Waals surface area (Å²) in [6.45, 7) is 0. The van der Waals surface area contributed by atoms with Crippen LogP contribution < -0.4 is 0 Å². The van der Waals surface area contributed by atoms with Crippen molar-refractivity contribution in [3.8, 4) is 6.19 Å². The minimum absolute atomic E-state index is 0.243. The van der Waals surface area contributed by atoms with Crippen LogP contribution in [0, 0.1) is 17.3 Å². The average molecular weight is 270 g/mol. The zero-order chi connectivity index (χ0) is 13.7. The highest BCUT2D eigenvalue weighted by Gasteiger charge is 2.41. The second-order valence-corrected chi connectivity index (χ2v) is 5.86. The minimum atomic E-state index is -0.243. The number of benzene rings is 1. The van der Waals surface area contributed by atoms with E-state index in [1.54, 1.807) is 0 Å². The number of hydrogen-bond donors (Lipinski definition) is 1. The van der Waals surface area contributed by atoms with Crippen LogP contribution in [-0.4, -0.2) is 27.2 Å². The predicted molar refractivity (Wildman–Crippen MR) is 72.3 cm³/mol. The molecule has 2 fully saturated rings. The largest absolute Gasteiger partial charge is 0.304 e. The van der Waals surface area contributed by atoms with E-state index in [1.807, 2.05) is 11.0 Å². The number of nitriles is 1. The number of rotatable bonds is 1. The van der Waals surface area contributed by atoms with Crippen molar-refractivity contribution in [3.05, 3.63) is 29.7 Å². The minimum Gasteiger partial charge on any atom is -0.304 e. The molecule has 102 valence electrons. The third-order valence-corrected chi connectivity index (χ3v) is 4.79. The predicted octanol–water partition coefficient (Wildman–Crippen LogP) is 2.89. The first kappa shape index (κ1) is 11.7. The number of H-pyrrole nitrogens is 1. The molecule has 3 heterocycles. The van der Waals surface area contributed by atoms with Gasteiger partial charge in [0.05, 0.1) is 11.2 Å². The van der Waals surface area contributed by atoms with Crippen molar-refractivity contribution in [2.45, 2.75) is 43.7 Å².